The molecule has 3 rings (SSSR count). The highest BCUT2D eigenvalue weighted by Crippen LogP contribution is 2.42. The molecular weight excluding hydrogens is 284 g/mol. The monoisotopic (exact) mass is 300 g/mol. The standard InChI is InChI=1S/C17H16O5/c1-20-11-8-6-10(7-9-11)15(18)16-12-4-3-5-13(21-2)14(12)17(19)22-16/h3-9,15-16,18H,1-2H3/t15?,16-/m0/s1. The van der Waals surface area contributed by atoms with E-state index < -0.39 is 18.2 Å². The van der Waals surface area contributed by atoms with Crippen LogP contribution in [0.4, 0.5) is 0 Å². The van der Waals surface area contributed by atoms with Crippen LogP contribution in [-0.4, -0.2) is 25.3 Å². The first-order chi connectivity index (χ1) is 10.7. The van der Waals surface area contributed by atoms with E-state index in [4.69, 9.17) is 14.2 Å². The average molecular weight is 300 g/mol. The lowest BCUT2D eigenvalue weighted by molar-refractivity contribution is -0.0103. The van der Waals surface area contributed by atoms with Crippen LogP contribution >= 0.6 is 0 Å². The molecule has 0 aliphatic carbocycles. The van der Waals surface area contributed by atoms with Crippen molar-refractivity contribution >= 4 is 5.97 Å². The fourth-order valence-corrected chi connectivity index (χ4v) is 2.62. The molecule has 0 fully saturated rings. The fourth-order valence-electron chi connectivity index (χ4n) is 2.62. The molecule has 0 bridgehead atoms. The van der Waals surface area contributed by atoms with Crippen molar-refractivity contribution in [2.24, 2.45) is 0 Å². The predicted octanol–water partition coefficient (Wildman–Crippen LogP) is 2.65. The van der Waals surface area contributed by atoms with Gasteiger partial charge in [-0.3, -0.25) is 0 Å². The van der Waals surface area contributed by atoms with Crippen molar-refractivity contribution in [1.29, 1.82) is 0 Å². The molecule has 2 aromatic rings. The van der Waals surface area contributed by atoms with Gasteiger partial charge < -0.3 is 19.3 Å². The lowest BCUT2D eigenvalue weighted by Gasteiger charge is -2.18. The molecule has 1 aliphatic heterocycles. The van der Waals surface area contributed by atoms with Crippen LogP contribution in [0.25, 0.3) is 0 Å². The molecule has 5 nitrogen and oxygen atoms in total. The summed E-state index contributed by atoms with van der Waals surface area (Å²) in [6.07, 6.45) is -1.70. The van der Waals surface area contributed by atoms with Crippen LogP contribution in [0, 0.1) is 0 Å². The Bertz CT molecular complexity index is 693. The highest BCUT2D eigenvalue weighted by molar-refractivity contribution is 5.97. The van der Waals surface area contributed by atoms with Crippen LogP contribution in [0.2, 0.25) is 0 Å². The summed E-state index contributed by atoms with van der Waals surface area (Å²) in [5.41, 5.74) is 1.66. The number of ether oxygens (including phenoxy) is 3. The first-order valence-corrected chi connectivity index (χ1v) is 6.85. The molecule has 0 saturated heterocycles. The number of benzene rings is 2. The van der Waals surface area contributed by atoms with Gasteiger partial charge in [-0.05, 0) is 23.8 Å². The minimum Gasteiger partial charge on any atom is -0.497 e. The Kier molecular flexibility index (Phi) is 3.73. The van der Waals surface area contributed by atoms with Crippen LogP contribution < -0.4 is 9.47 Å². The largest absolute Gasteiger partial charge is 0.497 e. The molecule has 5 heteroatoms. The van der Waals surface area contributed by atoms with Crippen molar-refractivity contribution in [2.75, 3.05) is 14.2 Å². The van der Waals surface area contributed by atoms with Crippen molar-refractivity contribution in [3.63, 3.8) is 0 Å². The van der Waals surface area contributed by atoms with Gasteiger partial charge in [-0.25, -0.2) is 4.79 Å². The van der Waals surface area contributed by atoms with Gasteiger partial charge >= 0.3 is 5.97 Å². The lowest BCUT2D eigenvalue weighted by Crippen LogP contribution is -2.10. The zero-order valence-electron chi connectivity index (χ0n) is 12.3. The van der Waals surface area contributed by atoms with Gasteiger partial charge in [0, 0.05) is 5.56 Å². The number of cyclic esters (lactones) is 1. The van der Waals surface area contributed by atoms with E-state index in [9.17, 15) is 9.90 Å². The number of esters is 1. The summed E-state index contributed by atoms with van der Waals surface area (Å²) in [5, 5.41) is 10.6. The van der Waals surface area contributed by atoms with E-state index in [0.717, 1.165) is 0 Å². The van der Waals surface area contributed by atoms with E-state index in [1.807, 2.05) is 0 Å². The third-order valence-corrected chi connectivity index (χ3v) is 3.77. The van der Waals surface area contributed by atoms with Crippen LogP contribution in [0.5, 0.6) is 11.5 Å². The number of carbonyl (C=O) groups excluding carboxylic acids is 1. The Morgan fingerprint density at radius 3 is 2.45 bits per heavy atom. The number of hydrogen-bond acceptors (Lipinski definition) is 5. The molecule has 22 heavy (non-hydrogen) atoms. The second kappa shape index (κ2) is 5.69. The van der Waals surface area contributed by atoms with Gasteiger partial charge in [0.15, 0.2) is 6.10 Å². The lowest BCUT2D eigenvalue weighted by atomic mass is 9.96. The van der Waals surface area contributed by atoms with Gasteiger partial charge in [-0.15, -0.1) is 0 Å². The smallest absolute Gasteiger partial charge is 0.343 e. The van der Waals surface area contributed by atoms with Crippen LogP contribution in [0.15, 0.2) is 42.5 Å². The Balaban J connectivity index is 1.95. The van der Waals surface area contributed by atoms with Gasteiger partial charge in [0.1, 0.15) is 23.2 Å². The minimum atomic E-state index is -0.955. The minimum absolute atomic E-state index is 0.377. The number of methoxy groups -OCH3 is 2. The number of hydrogen-bond donors (Lipinski definition) is 1. The summed E-state index contributed by atoms with van der Waals surface area (Å²) in [5.74, 6) is 0.665. The molecule has 0 spiro atoms. The maximum Gasteiger partial charge on any atom is 0.343 e. The van der Waals surface area contributed by atoms with Gasteiger partial charge in [0.25, 0.3) is 0 Å². The molecule has 114 valence electrons. The molecule has 1 unspecified atom stereocenters. The van der Waals surface area contributed by atoms with E-state index in [2.05, 4.69) is 0 Å². The van der Waals surface area contributed by atoms with Crippen LogP contribution in [0.3, 0.4) is 0 Å². The first-order valence-electron chi connectivity index (χ1n) is 6.85. The van der Waals surface area contributed by atoms with E-state index in [1.54, 1.807) is 49.6 Å². The van der Waals surface area contributed by atoms with Crippen LogP contribution in [0.1, 0.15) is 33.7 Å². The van der Waals surface area contributed by atoms with Gasteiger partial charge in [-0.2, -0.15) is 0 Å². The highest BCUT2D eigenvalue weighted by Gasteiger charge is 2.38. The van der Waals surface area contributed by atoms with Gasteiger partial charge in [0.2, 0.25) is 0 Å². The van der Waals surface area contributed by atoms with E-state index in [1.165, 1.54) is 7.11 Å². The Morgan fingerprint density at radius 2 is 1.82 bits per heavy atom. The molecule has 0 saturated carbocycles. The van der Waals surface area contributed by atoms with E-state index in [-0.39, 0.29) is 0 Å². The third kappa shape index (κ3) is 2.29. The summed E-state index contributed by atoms with van der Waals surface area (Å²) in [6, 6.07) is 12.2. The Morgan fingerprint density at radius 1 is 1.09 bits per heavy atom. The molecule has 0 radical (unpaired) electrons. The number of fused-ring (bicyclic) bond motifs is 1. The van der Waals surface area contributed by atoms with Crippen molar-refractivity contribution in [3.8, 4) is 11.5 Å². The topological polar surface area (TPSA) is 65.0 Å². The zero-order chi connectivity index (χ0) is 15.7. The van der Waals surface area contributed by atoms with E-state index >= 15 is 0 Å². The number of carbonyl (C=O) groups is 1. The normalized spacial score (nSPS) is 17.6. The number of rotatable bonds is 4. The second-order valence-corrected chi connectivity index (χ2v) is 4.97. The van der Waals surface area contributed by atoms with Crippen molar-refractivity contribution in [2.45, 2.75) is 12.2 Å². The molecule has 1 aliphatic rings. The van der Waals surface area contributed by atoms with Crippen LogP contribution in [-0.2, 0) is 4.74 Å². The maximum absolute atomic E-state index is 12.1. The summed E-state index contributed by atoms with van der Waals surface area (Å²) in [4.78, 5) is 12.1. The van der Waals surface area contributed by atoms with Gasteiger partial charge in [0.05, 0.1) is 14.2 Å². The van der Waals surface area contributed by atoms with E-state index in [0.29, 0.717) is 28.2 Å². The third-order valence-electron chi connectivity index (χ3n) is 3.77. The highest BCUT2D eigenvalue weighted by atomic mass is 16.6. The fraction of sp³-hybridized carbons (Fsp3) is 0.235. The molecule has 1 heterocycles. The SMILES string of the molecule is COc1ccc(C(O)[C@H]2OC(=O)c3c(OC)cccc32)cc1. The molecule has 0 amide bonds. The quantitative estimate of drug-likeness (QED) is 0.879. The van der Waals surface area contributed by atoms with Gasteiger partial charge in [-0.1, -0.05) is 24.3 Å². The van der Waals surface area contributed by atoms with Crippen molar-refractivity contribution in [3.05, 3.63) is 59.2 Å². The zero-order valence-corrected chi connectivity index (χ0v) is 12.3. The second-order valence-electron chi connectivity index (χ2n) is 4.97. The summed E-state index contributed by atoms with van der Waals surface area (Å²) in [6.45, 7) is 0. The van der Waals surface area contributed by atoms with Crippen molar-refractivity contribution in [1.82, 2.24) is 0 Å². The summed E-state index contributed by atoms with van der Waals surface area (Å²) < 4.78 is 15.6. The molecular formula is C17H16O5. The molecule has 1 N–H and O–H groups in total. The Hall–Kier alpha value is -2.53. The summed E-state index contributed by atoms with van der Waals surface area (Å²) >= 11 is 0. The summed E-state index contributed by atoms with van der Waals surface area (Å²) in [7, 11) is 3.07. The Labute approximate surface area is 128 Å². The molecule has 2 atom stereocenters. The number of aliphatic hydroxyl groups is 1. The van der Waals surface area contributed by atoms with Crippen molar-refractivity contribution < 1.29 is 24.1 Å². The molecule has 2 aromatic carbocycles. The predicted molar refractivity (Wildman–Crippen MR) is 79.1 cm³/mol. The molecule has 0 aromatic heterocycles. The maximum atomic E-state index is 12.1. The number of aliphatic hydroxyl groups excluding tert-OH is 1. The average Bonchev–Trinajstić information content (AvgIpc) is 2.91. The first kappa shape index (κ1) is 14.4.